The van der Waals surface area contributed by atoms with Crippen LogP contribution in [0.3, 0.4) is 0 Å². The zero-order chi connectivity index (χ0) is 16.8. The van der Waals surface area contributed by atoms with E-state index in [0.717, 1.165) is 0 Å². The number of phenols is 2. The number of allylic oxidation sites excluding steroid dienone is 2. The van der Waals surface area contributed by atoms with E-state index in [1.807, 2.05) is 0 Å². The summed E-state index contributed by atoms with van der Waals surface area (Å²) < 4.78 is 0. The summed E-state index contributed by atoms with van der Waals surface area (Å²) in [5.74, 6) is -1.11. The molecule has 0 atom stereocenters. The molecule has 4 nitrogen and oxygen atoms in total. The van der Waals surface area contributed by atoms with Crippen LogP contribution in [0.2, 0.25) is 0 Å². The van der Waals surface area contributed by atoms with Crippen molar-refractivity contribution in [2.75, 3.05) is 0 Å². The molecule has 116 valence electrons. The van der Waals surface area contributed by atoms with Gasteiger partial charge in [0, 0.05) is 22.1 Å². The Kier molecular flexibility index (Phi) is 3.00. The molecular formula is C20H12O4. The quantitative estimate of drug-likeness (QED) is 0.671. The molecule has 0 amide bonds. The van der Waals surface area contributed by atoms with Crippen molar-refractivity contribution in [2.24, 2.45) is 0 Å². The van der Waals surface area contributed by atoms with Crippen LogP contribution in [-0.4, -0.2) is 21.8 Å². The van der Waals surface area contributed by atoms with Gasteiger partial charge in [-0.1, -0.05) is 48.5 Å². The van der Waals surface area contributed by atoms with Gasteiger partial charge in [0.05, 0.1) is 0 Å². The number of rotatable bonds is 1. The summed E-state index contributed by atoms with van der Waals surface area (Å²) in [5, 5.41) is 21.1. The Labute approximate surface area is 137 Å². The minimum atomic E-state index is -0.330. The minimum absolute atomic E-state index is 0.213. The molecule has 0 bridgehead atoms. The molecule has 0 aliphatic heterocycles. The van der Waals surface area contributed by atoms with Crippen LogP contribution in [0.4, 0.5) is 0 Å². The Morgan fingerprint density at radius 2 is 1.33 bits per heavy atom. The predicted octanol–water partition coefficient (Wildman–Crippen LogP) is 3.71. The van der Waals surface area contributed by atoms with E-state index in [4.69, 9.17) is 0 Å². The van der Waals surface area contributed by atoms with Gasteiger partial charge in [-0.15, -0.1) is 0 Å². The number of Topliss-reactive ketones (excluding diaryl/α,β-unsaturated/α-hetero) is 1. The molecule has 3 aromatic carbocycles. The summed E-state index contributed by atoms with van der Waals surface area (Å²) in [4.78, 5) is 25.2. The standard InChI is InChI=1S/C20H12O4/c21-17-10-16(19(23)14-8-4-2-6-12(14)17)15-9-18(22)20(24)13-7-3-1-5-11(13)15/h1-10,22,24H. The van der Waals surface area contributed by atoms with E-state index in [2.05, 4.69) is 0 Å². The van der Waals surface area contributed by atoms with Crippen molar-refractivity contribution in [2.45, 2.75) is 0 Å². The van der Waals surface area contributed by atoms with Gasteiger partial charge in [-0.2, -0.15) is 0 Å². The van der Waals surface area contributed by atoms with E-state index < -0.39 is 0 Å². The number of aromatic hydroxyl groups is 2. The lowest BCUT2D eigenvalue weighted by Gasteiger charge is -2.17. The third-order valence-corrected chi connectivity index (χ3v) is 4.24. The lowest BCUT2D eigenvalue weighted by atomic mass is 9.84. The van der Waals surface area contributed by atoms with Gasteiger partial charge in [0.1, 0.15) is 0 Å². The van der Waals surface area contributed by atoms with Crippen molar-refractivity contribution in [3.05, 3.63) is 77.4 Å². The number of hydrogen-bond acceptors (Lipinski definition) is 4. The molecule has 0 saturated carbocycles. The molecule has 24 heavy (non-hydrogen) atoms. The van der Waals surface area contributed by atoms with Crippen molar-refractivity contribution in [3.8, 4) is 11.5 Å². The molecule has 2 N–H and O–H groups in total. The highest BCUT2D eigenvalue weighted by Crippen LogP contribution is 2.40. The maximum Gasteiger partial charge on any atom is 0.194 e. The van der Waals surface area contributed by atoms with Crippen molar-refractivity contribution in [1.29, 1.82) is 0 Å². The molecule has 1 aliphatic rings. The fourth-order valence-corrected chi connectivity index (χ4v) is 3.08. The molecule has 1 aliphatic carbocycles. The largest absolute Gasteiger partial charge is 0.504 e. The number of fused-ring (bicyclic) bond motifs is 2. The van der Waals surface area contributed by atoms with Gasteiger partial charge in [0.25, 0.3) is 0 Å². The van der Waals surface area contributed by atoms with E-state index >= 15 is 0 Å². The fourth-order valence-electron chi connectivity index (χ4n) is 3.08. The maximum atomic E-state index is 12.8. The average Bonchev–Trinajstić information content (AvgIpc) is 2.61. The topological polar surface area (TPSA) is 74.6 Å². The van der Waals surface area contributed by atoms with Crippen molar-refractivity contribution >= 4 is 27.9 Å². The van der Waals surface area contributed by atoms with Gasteiger partial charge in [-0.05, 0) is 23.1 Å². The van der Waals surface area contributed by atoms with Crippen LogP contribution in [0.1, 0.15) is 26.3 Å². The summed E-state index contributed by atoms with van der Waals surface area (Å²) in [5.41, 5.74) is 1.36. The fraction of sp³-hybridized carbons (Fsp3) is 0. The highest BCUT2D eigenvalue weighted by Gasteiger charge is 2.27. The zero-order valence-electron chi connectivity index (χ0n) is 12.5. The van der Waals surface area contributed by atoms with Crippen LogP contribution >= 0.6 is 0 Å². The lowest BCUT2D eigenvalue weighted by Crippen LogP contribution is -2.16. The molecule has 0 spiro atoms. The molecule has 0 aromatic heterocycles. The van der Waals surface area contributed by atoms with Crippen molar-refractivity contribution < 1.29 is 19.8 Å². The number of carbonyl (C=O) groups is 2. The second-order valence-electron chi connectivity index (χ2n) is 5.63. The number of benzene rings is 3. The predicted molar refractivity (Wildman–Crippen MR) is 90.4 cm³/mol. The summed E-state index contributed by atoms with van der Waals surface area (Å²) in [6.45, 7) is 0. The second-order valence-corrected chi connectivity index (χ2v) is 5.63. The first-order valence-electron chi connectivity index (χ1n) is 7.41. The van der Waals surface area contributed by atoms with E-state index in [0.29, 0.717) is 27.5 Å². The summed E-state index contributed by atoms with van der Waals surface area (Å²) in [6.07, 6.45) is 1.29. The third kappa shape index (κ3) is 1.93. The molecule has 0 saturated heterocycles. The Balaban J connectivity index is 2.02. The highest BCUT2D eigenvalue weighted by atomic mass is 16.3. The molecule has 4 rings (SSSR count). The van der Waals surface area contributed by atoms with Crippen LogP contribution < -0.4 is 0 Å². The van der Waals surface area contributed by atoms with Crippen molar-refractivity contribution in [1.82, 2.24) is 0 Å². The van der Waals surface area contributed by atoms with Gasteiger partial charge >= 0.3 is 0 Å². The smallest absolute Gasteiger partial charge is 0.194 e. The Morgan fingerprint density at radius 1 is 0.708 bits per heavy atom. The molecule has 4 heteroatoms. The highest BCUT2D eigenvalue weighted by molar-refractivity contribution is 6.40. The first-order chi connectivity index (χ1) is 11.6. The summed E-state index contributed by atoms with van der Waals surface area (Å²) in [7, 11) is 0. The average molecular weight is 316 g/mol. The van der Waals surface area contributed by atoms with E-state index in [9.17, 15) is 19.8 Å². The maximum absolute atomic E-state index is 12.8. The second kappa shape index (κ2) is 5.06. The molecule has 0 unspecified atom stereocenters. The molecule has 3 aromatic rings. The monoisotopic (exact) mass is 316 g/mol. The van der Waals surface area contributed by atoms with E-state index in [1.165, 1.54) is 12.1 Å². The third-order valence-electron chi connectivity index (χ3n) is 4.24. The normalized spacial score (nSPS) is 13.8. The van der Waals surface area contributed by atoms with Gasteiger partial charge < -0.3 is 10.2 Å². The molecule has 0 heterocycles. The first kappa shape index (κ1) is 14.2. The lowest BCUT2D eigenvalue weighted by molar-refractivity contribution is 0.100. The summed E-state index contributed by atoms with van der Waals surface area (Å²) in [6, 6.07) is 14.9. The minimum Gasteiger partial charge on any atom is -0.504 e. The van der Waals surface area contributed by atoms with Gasteiger partial charge in [0.15, 0.2) is 23.1 Å². The van der Waals surface area contributed by atoms with Crippen molar-refractivity contribution in [3.63, 3.8) is 0 Å². The van der Waals surface area contributed by atoms with Gasteiger partial charge in [-0.3, -0.25) is 9.59 Å². The Morgan fingerprint density at radius 3 is 2.08 bits per heavy atom. The Bertz CT molecular complexity index is 1060. The first-order valence-corrected chi connectivity index (χ1v) is 7.41. The zero-order valence-corrected chi connectivity index (χ0v) is 12.5. The van der Waals surface area contributed by atoms with E-state index in [1.54, 1.807) is 48.5 Å². The van der Waals surface area contributed by atoms with Crippen LogP contribution in [-0.2, 0) is 0 Å². The number of phenolic OH excluding ortho intramolecular Hbond substituents is 2. The molecular weight excluding hydrogens is 304 g/mol. The van der Waals surface area contributed by atoms with Crippen LogP contribution in [0.25, 0.3) is 16.3 Å². The number of hydrogen-bond donors (Lipinski definition) is 2. The van der Waals surface area contributed by atoms with Crippen LogP contribution in [0.15, 0.2) is 60.7 Å². The van der Waals surface area contributed by atoms with Crippen LogP contribution in [0, 0.1) is 0 Å². The number of carbonyl (C=O) groups excluding carboxylic acids is 2. The van der Waals surface area contributed by atoms with Gasteiger partial charge in [-0.25, -0.2) is 0 Å². The van der Waals surface area contributed by atoms with E-state index in [-0.39, 0.29) is 28.6 Å². The molecule has 0 radical (unpaired) electrons. The SMILES string of the molecule is O=C1C=C(c2cc(O)c(O)c3ccccc23)C(=O)c2ccccc21. The van der Waals surface area contributed by atoms with Crippen LogP contribution in [0.5, 0.6) is 11.5 Å². The van der Waals surface area contributed by atoms with Gasteiger partial charge in [0.2, 0.25) is 0 Å². The molecule has 0 fully saturated rings. The summed E-state index contributed by atoms with van der Waals surface area (Å²) >= 11 is 0. The number of ketones is 2. The Hall–Kier alpha value is -3.40.